The fourth-order valence-electron chi connectivity index (χ4n) is 3.79. The fraction of sp³-hybridized carbons (Fsp3) is 0.0833. The normalized spacial score (nSPS) is 12.5. The molecule has 0 amide bonds. The van der Waals surface area contributed by atoms with E-state index < -0.39 is 0 Å². The van der Waals surface area contributed by atoms with Crippen molar-refractivity contribution in [1.29, 1.82) is 10.8 Å². The van der Waals surface area contributed by atoms with Gasteiger partial charge < -0.3 is 10.2 Å². The molecular weight excluding hydrogens is 376 g/mol. The minimum absolute atomic E-state index is 0.0822. The van der Waals surface area contributed by atoms with Gasteiger partial charge in [-0.3, -0.25) is 0 Å². The number of rotatable bonds is 0. The van der Waals surface area contributed by atoms with Crippen molar-refractivity contribution in [3.63, 3.8) is 0 Å². The van der Waals surface area contributed by atoms with Gasteiger partial charge in [-0.2, -0.15) is 0 Å². The largest absolute Gasteiger partial charge is 0.870 e. The molecule has 0 saturated carbocycles. The lowest BCUT2D eigenvalue weighted by Gasteiger charge is -2.15. The minimum atomic E-state index is -0.234. The molecule has 1 aliphatic rings. The van der Waals surface area contributed by atoms with Crippen molar-refractivity contribution in [2.75, 3.05) is 0 Å². The van der Waals surface area contributed by atoms with E-state index in [-0.39, 0.29) is 22.9 Å². The smallest absolute Gasteiger partial charge is 0.385 e. The first-order valence-corrected chi connectivity index (χ1v) is 9.44. The Labute approximate surface area is 172 Å². The minimum Gasteiger partial charge on any atom is -0.870 e. The van der Waals surface area contributed by atoms with Gasteiger partial charge >= 0.3 is 11.4 Å². The molecule has 0 heterocycles. The average molecular weight is 392 g/mol. The Morgan fingerprint density at radius 3 is 1.87 bits per heavy atom. The van der Waals surface area contributed by atoms with Crippen LogP contribution in [0.15, 0.2) is 78.6 Å². The molecule has 0 fully saturated rings. The van der Waals surface area contributed by atoms with Crippen molar-refractivity contribution in [1.82, 2.24) is 0 Å². The van der Waals surface area contributed by atoms with Crippen LogP contribution in [0.4, 0.5) is 5.69 Å². The summed E-state index contributed by atoms with van der Waals surface area (Å²) in [5, 5.41) is 44.2. The third kappa shape index (κ3) is 3.17. The van der Waals surface area contributed by atoms with Gasteiger partial charge in [0.05, 0.1) is 10.9 Å². The van der Waals surface area contributed by atoms with Gasteiger partial charge in [0.25, 0.3) is 0 Å². The topological polar surface area (TPSA) is 102 Å². The fourth-order valence-corrected chi connectivity index (χ4v) is 3.79. The molecule has 5 rings (SSSR count). The number of hydrogen-bond donors (Lipinski definition) is 0. The Bertz CT molecular complexity index is 1390. The predicted octanol–water partition coefficient (Wildman–Crippen LogP) is 5.07. The Morgan fingerprint density at radius 2 is 1.20 bits per heavy atom. The number of aryl methyl sites for hydroxylation is 1. The summed E-state index contributed by atoms with van der Waals surface area (Å²) in [6.07, 6.45) is 1.18. The van der Waals surface area contributed by atoms with E-state index in [0.29, 0.717) is 17.2 Å². The second-order valence-corrected chi connectivity index (χ2v) is 6.90. The molecule has 0 N–H and O–H groups in total. The van der Waals surface area contributed by atoms with E-state index in [1.807, 2.05) is 48.5 Å². The second kappa shape index (κ2) is 7.90. The zero-order valence-corrected chi connectivity index (χ0v) is 15.9. The molecule has 0 unspecified atom stereocenters. The summed E-state index contributed by atoms with van der Waals surface area (Å²) in [6.45, 7) is 0. The van der Waals surface area contributed by atoms with Crippen LogP contribution < -0.4 is 10.2 Å². The number of allylic oxidation sites excluding steroid dienone is 1. The van der Waals surface area contributed by atoms with E-state index in [1.54, 1.807) is 24.3 Å². The first-order valence-electron chi connectivity index (χ1n) is 9.44. The maximum absolute atomic E-state index is 12.1. The van der Waals surface area contributed by atoms with Crippen LogP contribution in [-0.4, -0.2) is 0 Å². The van der Waals surface area contributed by atoms with Gasteiger partial charge in [-0.1, -0.05) is 60.7 Å². The molecule has 0 atom stereocenters. The number of benzene rings is 4. The lowest BCUT2D eigenvalue weighted by atomic mass is 9.94. The lowest BCUT2D eigenvalue weighted by molar-refractivity contribution is -0.305. The summed E-state index contributed by atoms with van der Waals surface area (Å²) in [6, 6.07) is 22.3. The van der Waals surface area contributed by atoms with E-state index in [4.69, 9.17) is 10.8 Å². The van der Waals surface area contributed by atoms with Crippen LogP contribution >= 0.6 is 0 Å². The van der Waals surface area contributed by atoms with Crippen LogP contribution in [0.2, 0.25) is 0 Å². The van der Waals surface area contributed by atoms with E-state index in [2.05, 4.69) is 9.95 Å². The van der Waals surface area contributed by atoms with E-state index >= 15 is 0 Å². The van der Waals surface area contributed by atoms with Crippen molar-refractivity contribution in [3.8, 4) is 5.75 Å². The van der Waals surface area contributed by atoms with Gasteiger partial charge in [0.2, 0.25) is 10.8 Å². The van der Waals surface area contributed by atoms with Gasteiger partial charge in [0, 0.05) is 0 Å². The van der Waals surface area contributed by atoms with Crippen LogP contribution in [0.3, 0.4) is 0 Å². The van der Waals surface area contributed by atoms with Crippen molar-refractivity contribution in [2.24, 2.45) is 0 Å². The standard InChI is InChI=1S/C14H8N2O.C10H8N2O/c15-16-13-11-7-3-1-5-9(11)10-6-2-4-8-12(10)14(13)17;11-12-10-8-4-2-1-3-7(8)5-6-9(10)13/h1-8H;1-4H,5-6H2. The first kappa shape index (κ1) is 18.9. The van der Waals surface area contributed by atoms with Crippen molar-refractivity contribution in [3.05, 3.63) is 99.6 Å². The van der Waals surface area contributed by atoms with Gasteiger partial charge in [0.15, 0.2) is 9.95 Å². The highest BCUT2D eigenvalue weighted by Gasteiger charge is 2.23. The van der Waals surface area contributed by atoms with Crippen molar-refractivity contribution < 1.29 is 10.2 Å². The highest BCUT2D eigenvalue weighted by atomic mass is 16.3. The molecule has 144 valence electrons. The quantitative estimate of drug-likeness (QED) is 0.308. The highest BCUT2D eigenvalue weighted by molar-refractivity contribution is 6.16. The number of fused-ring (bicyclic) bond motifs is 4. The van der Waals surface area contributed by atoms with Crippen LogP contribution in [0.5, 0.6) is 5.75 Å². The second-order valence-electron chi connectivity index (χ2n) is 6.90. The molecule has 0 saturated heterocycles. The van der Waals surface area contributed by atoms with Gasteiger partial charge in [-0.25, -0.2) is 0 Å². The summed E-state index contributed by atoms with van der Waals surface area (Å²) < 4.78 is 0. The summed E-state index contributed by atoms with van der Waals surface area (Å²) >= 11 is 0. The molecule has 30 heavy (non-hydrogen) atoms. The molecule has 6 heteroatoms. The molecule has 0 bridgehead atoms. The Morgan fingerprint density at radius 1 is 0.633 bits per heavy atom. The van der Waals surface area contributed by atoms with Crippen LogP contribution in [0.25, 0.3) is 37.2 Å². The molecule has 4 aromatic carbocycles. The number of diazo groups is 2. The van der Waals surface area contributed by atoms with Crippen LogP contribution in [0.1, 0.15) is 17.5 Å². The van der Waals surface area contributed by atoms with Gasteiger partial charge in [-0.05, 0) is 58.2 Å². The van der Waals surface area contributed by atoms with Crippen LogP contribution in [-0.2, 0) is 6.42 Å². The summed E-state index contributed by atoms with van der Waals surface area (Å²) in [5.74, 6) is -0.317. The van der Waals surface area contributed by atoms with Crippen molar-refractivity contribution in [2.45, 2.75) is 12.8 Å². The molecule has 0 spiro atoms. The maximum Gasteiger partial charge on any atom is 0.385 e. The Hall–Kier alpha value is -4.42. The molecule has 4 aromatic rings. The monoisotopic (exact) mass is 392 g/mol. The van der Waals surface area contributed by atoms with Gasteiger partial charge in [0.1, 0.15) is 0 Å². The average Bonchev–Trinajstić information content (AvgIpc) is 2.80. The molecule has 6 nitrogen and oxygen atoms in total. The summed E-state index contributed by atoms with van der Waals surface area (Å²) in [5.41, 5.74) is 2.15. The number of nitrogens with zero attached hydrogens (tertiary/aromatic N) is 4. The zero-order chi connectivity index (χ0) is 21.1. The first-order chi connectivity index (χ1) is 14.7. The summed E-state index contributed by atoms with van der Waals surface area (Å²) in [4.78, 5) is 6.17. The Kier molecular flexibility index (Phi) is 4.99. The molecule has 1 aliphatic carbocycles. The highest BCUT2D eigenvalue weighted by Crippen LogP contribution is 2.40. The lowest BCUT2D eigenvalue weighted by Crippen LogP contribution is -2.12. The number of hydrogen-bond acceptors (Lipinski definition) is 4. The Balaban J connectivity index is 0.000000151. The van der Waals surface area contributed by atoms with E-state index in [1.165, 1.54) is 0 Å². The van der Waals surface area contributed by atoms with Crippen molar-refractivity contribution >= 4 is 32.9 Å². The van der Waals surface area contributed by atoms with E-state index in [9.17, 15) is 10.2 Å². The predicted molar refractivity (Wildman–Crippen MR) is 112 cm³/mol. The summed E-state index contributed by atoms with van der Waals surface area (Å²) in [7, 11) is 0. The zero-order valence-electron chi connectivity index (χ0n) is 15.9. The third-order valence-corrected chi connectivity index (χ3v) is 5.22. The SMILES string of the molecule is N#[N+]C1=C([O-])CCc2ccccc21.N#[N+]c1c([O-])c2ccccc2c2ccccc12. The molecule has 0 aromatic heterocycles. The van der Waals surface area contributed by atoms with E-state index in [0.717, 1.165) is 28.3 Å². The third-order valence-electron chi connectivity index (χ3n) is 5.22. The van der Waals surface area contributed by atoms with Crippen LogP contribution in [0, 0.1) is 10.8 Å². The van der Waals surface area contributed by atoms with Gasteiger partial charge in [-0.15, -0.1) is 0 Å². The molecular formula is C24H16N4O2. The maximum atomic E-state index is 12.1. The molecule has 0 radical (unpaired) electrons. The molecule has 0 aliphatic heterocycles.